The van der Waals surface area contributed by atoms with Crippen LogP contribution in [0.25, 0.3) is 16.8 Å². The summed E-state index contributed by atoms with van der Waals surface area (Å²) in [7, 11) is 0. The number of amides is 3. The Morgan fingerprint density at radius 2 is 1.61 bits per heavy atom. The van der Waals surface area contributed by atoms with E-state index in [-0.39, 0.29) is 24.5 Å². The van der Waals surface area contributed by atoms with Crippen LogP contribution in [0.1, 0.15) is 26.3 Å². The fraction of sp³-hybridized carbons (Fsp3) is 0.250. The van der Waals surface area contributed by atoms with Crippen molar-refractivity contribution in [3.63, 3.8) is 0 Å². The lowest BCUT2D eigenvalue weighted by atomic mass is 9.94. The van der Waals surface area contributed by atoms with Crippen molar-refractivity contribution in [1.29, 1.82) is 0 Å². The molecule has 0 spiro atoms. The summed E-state index contributed by atoms with van der Waals surface area (Å²) in [6.45, 7) is 4.03. The van der Waals surface area contributed by atoms with E-state index in [0.29, 0.717) is 48.8 Å². The molecule has 36 heavy (non-hydrogen) atoms. The van der Waals surface area contributed by atoms with Crippen LogP contribution in [0.3, 0.4) is 0 Å². The minimum atomic E-state index is -0.230. The Labute approximate surface area is 208 Å². The van der Waals surface area contributed by atoms with Crippen molar-refractivity contribution >= 4 is 34.6 Å². The average molecular weight is 485 g/mol. The van der Waals surface area contributed by atoms with Gasteiger partial charge in [0.1, 0.15) is 0 Å². The number of rotatable bonds is 5. The van der Waals surface area contributed by atoms with Crippen LogP contribution in [0, 0.1) is 0 Å². The van der Waals surface area contributed by atoms with E-state index in [2.05, 4.69) is 0 Å². The molecule has 0 atom stereocenters. The minimum absolute atomic E-state index is 0.0298. The second-order valence-corrected chi connectivity index (χ2v) is 9.24. The van der Waals surface area contributed by atoms with Crippen LogP contribution in [0.15, 0.2) is 60.7 Å². The molecule has 0 saturated carbocycles. The lowest BCUT2D eigenvalue weighted by molar-refractivity contribution is -0.903. The van der Waals surface area contributed by atoms with Gasteiger partial charge in [0.15, 0.2) is 11.5 Å². The number of quaternary nitrogens is 1. The average Bonchev–Trinajstić information content (AvgIpc) is 3.38. The first kappa shape index (κ1) is 22.3. The van der Waals surface area contributed by atoms with Gasteiger partial charge in [-0.2, -0.15) is 0 Å². The Hall–Kier alpha value is -4.17. The molecule has 182 valence electrons. The molecule has 8 heteroatoms. The number of carbonyl (C=O) groups is 3. The molecule has 3 aromatic rings. The fourth-order valence-electron chi connectivity index (χ4n) is 5.14. The monoisotopic (exact) mass is 484 g/mol. The summed E-state index contributed by atoms with van der Waals surface area (Å²) in [6, 6.07) is 16.7. The molecule has 3 amide bonds. The highest BCUT2D eigenvalue weighted by molar-refractivity contribution is 6.25. The smallest absolute Gasteiger partial charge is 0.261 e. The third-order valence-corrected chi connectivity index (χ3v) is 7.14. The number of hydrogen-bond acceptors (Lipinski definition) is 5. The molecular formula is C28H26N3O5+. The maximum absolute atomic E-state index is 13.1. The Kier molecular flexibility index (Phi) is 5.65. The standard InChI is InChI=1S/C28H25N3O5/c32-25(10-8-19-7-9-23-24(17-19)36-18-35-23)30-14-11-29(12-15-30)13-16-31-27(33)21-5-1-3-20-4-2-6-22(26(20)21)28(31)34/h1-10,17H,11-16,18H2/p+1/b10-8+. The van der Waals surface area contributed by atoms with Gasteiger partial charge in [0, 0.05) is 22.6 Å². The summed E-state index contributed by atoms with van der Waals surface area (Å²) in [5.74, 6) is 0.912. The molecule has 3 aliphatic heterocycles. The molecule has 1 fully saturated rings. The van der Waals surface area contributed by atoms with Gasteiger partial charge in [-0.15, -0.1) is 0 Å². The quantitative estimate of drug-likeness (QED) is 0.440. The first-order valence-electron chi connectivity index (χ1n) is 12.2. The molecule has 3 heterocycles. The maximum Gasteiger partial charge on any atom is 0.261 e. The molecule has 0 unspecified atom stereocenters. The lowest BCUT2D eigenvalue weighted by Crippen LogP contribution is -3.15. The Morgan fingerprint density at radius 1 is 0.917 bits per heavy atom. The van der Waals surface area contributed by atoms with Crippen molar-refractivity contribution in [3.8, 4) is 11.5 Å². The highest BCUT2D eigenvalue weighted by Crippen LogP contribution is 2.33. The second-order valence-electron chi connectivity index (χ2n) is 9.24. The number of piperazine rings is 1. The number of carbonyl (C=O) groups excluding carboxylic acids is 3. The minimum Gasteiger partial charge on any atom is -0.454 e. The number of nitrogens with one attached hydrogen (secondary N) is 1. The van der Waals surface area contributed by atoms with Gasteiger partial charge in [-0.1, -0.05) is 30.3 Å². The molecule has 0 bridgehead atoms. The summed E-state index contributed by atoms with van der Waals surface area (Å²) in [6.07, 6.45) is 3.38. The van der Waals surface area contributed by atoms with Crippen molar-refractivity contribution < 1.29 is 28.8 Å². The Morgan fingerprint density at radius 3 is 2.33 bits per heavy atom. The molecule has 8 nitrogen and oxygen atoms in total. The molecule has 0 radical (unpaired) electrons. The number of nitrogens with zero attached hydrogens (tertiary/aromatic N) is 2. The van der Waals surface area contributed by atoms with Crippen LogP contribution in [-0.2, 0) is 4.79 Å². The van der Waals surface area contributed by atoms with E-state index >= 15 is 0 Å². The molecule has 0 aliphatic carbocycles. The molecule has 3 aliphatic rings. The van der Waals surface area contributed by atoms with Gasteiger partial charge in [-0.05, 0) is 41.3 Å². The van der Waals surface area contributed by atoms with E-state index < -0.39 is 0 Å². The third kappa shape index (κ3) is 3.99. The number of ether oxygens (including phenoxy) is 2. The van der Waals surface area contributed by atoms with Crippen molar-refractivity contribution in [2.45, 2.75) is 0 Å². The Balaban J connectivity index is 1.04. The Bertz CT molecular complexity index is 1360. The van der Waals surface area contributed by atoms with Crippen molar-refractivity contribution in [1.82, 2.24) is 9.80 Å². The fourth-order valence-corrected chi connectivity index (χ4v) is 5.14. The number of imide groups is 1. The van der Waals surface area contributed by atoms with Gasteiger partial charge < -0.3 is 19.3 Å². The summed E-state index contributed by atoms with van der Waals surface area (Å²) >= 11 is 0. The first-order chi connectivity index (χ1) is 17.6. The van der Waals surface area contributed by atoms with Crippen LogP contribution in [0.2, 0.25) is 0 Å². The highest BCUT2D eigenvalue weighted by Gasteiger charge is 2.33. The number of benzene rings is 3. The van der Waals surface area contributed by atoms with Crippen LogP contribution in [0.4, 0.5) is 0 Å². The molecule has 3 aromatic carbocycles. The van der Waals surface area contributed by atoms with Crippen molar-refractivity contribution in [2.24, 2.45) is 0 Å². The second kappa shape index (κ2) is 9.13. The molecule has 0 aromatic heterocycles. The molecule has 1 N–H and O–H groups in total. The predicted molar refractivity (Wildman–Crippen MR) is 133 cm³/mol. The summed E-state index contributed by atoms with van der Waals surface area (Å²) in [5, 5.41) is 1.66. The molecule has 1 saturated heterocycles. The lowest BCUT2D eigenvalue weighted by Gasteiger charge is -2.33. The van der Waals surface area contributed by atoms with Crippen LogP contribution >= 0.6 is 0 Å². The third-order valence-electron chi connectivity index (χ3n) is 7.14. The van der Waals surface area contributed by atoms with E-state index in [0.717, 1.165) is 29.4 Å². The van der Waals surface area contributed by atoms with E-state index in [1.807, 2.05) is 47.4 Å². The van der Waals surface area contributed by atoms with E-state index in [9.17, 15) is 14.4 Å². The van der Waals surface area contributed by atoms with Crippen molar-refractivity contribution in [3.05, 3.63) is 77.4 Å². The molecular weight excluding hydrogens is 458 g/mol. The van der Waals surface area contributed by atoms with Gasteiger partial charge in [-0.25, -0.2) is 0 Å². The number of fused-ring (bicyclic) bond motifs is 1. The number of hydrogen-bond donors (Lipinski definition) is 1. The van der Waals surface area contributed by atoms with Crippen LogP contribution in [0.5, 0.6) is 11.5 Å². The van der Waals surface area contributed by atoms with Gasteiger partial charge in [0.05, 0.1) is 39.3 Å². The zero-order valence-corrected chi connectivity index (χ0v) is 19.7. The van der Waals surface area contributed by atoms with Gasteiger partial charge in [0.25, 0.3) is 11.8 Å². The normalized spacial score (nSPS) is 17.4. The van der Waals surface area contributed by atoms with E-state index in [4.69, 9.17) is 9.47 Å². The maximum atomic E-state index is 13.1. The predicted octanol–water partition coefficient (Wildman–Crippen LogP) is 1.61. The van der Waals surface area contributed by atoms with Crippen LogP contribution in [-0.4, -0.2) is 73.6 Å². The largest absolute Gasteiger partial charge is 0.454 e. The summed E-state index contributed by atoms with van der Waals surface area (Å²) < 4.78 is 10.7. The van der Waals surface area contributed by atoms with Crippen LogP contribution < -0.4 is 14.4 Å². The topological polar surface area (TPSA) is 80.6 Å². The SMILES string of the molecule is O=C(/C=C/c1ccc2c(c1)OCO2)N1CC[NH+](CCN2C(=O)c3cccc4cccc(c34)C2=O)CC1. The van der Waals surface area contributed by atoms with Gasteiger partial charge >= 0.3 is 0 Å². The highest BCUT2D eigenvalue weighted by atomic mass is 16.7. The molecule has 6 rings (SSSR count). The summed E-state index contributed by atoms with van der Waals surface area (Å²) in [5.41, 5.74) is 2.05. The van der Waals surface area contributed by atoms with E-state index in [1.54, 1.807) is 24.3 Å². The van der Waals surface area contributed by atoms with Gasteiger partial charge in [0.2, 0.25) is 12.7 Å². The first-order valence-corrected chi connectivity index (χ1v) is 12.2. The zero-order chi connectivity index (χ0) is 24.6. The van der Waals surface area contributed by atoms with Gasteiger partial charge in [-0.3, -0.25) is 19.3 Å². The van der Waals surface area contributed by atoms with Crippen molar-refractivity contribution in [2.75, 3.05) is 46.1 Å². The summed E-state index contributed by atoms with van der Waals surface area (Å²) in [4.78, 5) is 43.4. The van der Waals surface area contributed by atoms with E-state index in [1.165, 1.54) is 9.80 Å². The zero-order valence-electron chi connectivity index (χ0n) is 19.7.